The third-order valence-electron chi connectivity index (χ3n) is 5.46. The lowest BCUT2D eigenvalue weighted by Gasteiger charge is -2.36. The van der Waals surface area contributed by atoms with Gasteiger partial charge in [0, 0.05) is 18.1 Å². The van der Waals surface area contributed by atoms with Crippen molar-refractivity contribution in [1.82, 2.24) is 10.2 Å². The van der Waals surface area contributed by atoms with Crippen molar-refractivity contribution in [1.29, 1.82) is 0 Å². The minimum Gasteiger partial charge on any atom is -0.322 e. The largest absolute Gasteiger partial charge is 0.431 e. The summed E-state index contributed by atoms with van der Waals surface area (Å²) in [4.78, 5) is 20.2. The van der Waals surface area contributed by atoms with E-state index in [1.807, 2.05) is 18.2 Å². The monoisotopic (exact) mass is 301 g/mol. The van der Waals surface area contributed by atoms with Crippen molar-refractivity contribution in [3.8, 4) is 0 Å². The molecule has 5 nitrogen and oxygen atoms in total. The van der Waals surface area contributed by atoms with Gasteiger partial charge in [0.2, 0.25) is 0 Å². The van der Waals surface area contributed by atoms with E-state index in [4.69, 9.17) is 4.84 Å². The van der Waals surface area contributed by atoms with Gasteiger partial charge in [-0.25, -0.2) is 9.86 Å². The van der Waals surface area contributed by atoms with Crippen LogP contribution in [0.2, 0.25) is 0 Å². The molecule has 118 valence electrons. The molecule has 0 saturated carbocycles. The molecule has 1 aromatic carbocycles. The first-order valence-corrected chi connectivity index (χ1v) is 8.26. The van der Waals surface area contributed by atoms with E-state index in [0.717, 1.165) is 31.5 Å². The van der Waals surface area contributed by atoms with E-state index in [2.05, 4.69) is 23.3 Å². The van der Waals surface area contributed by atoms with Crippen LogP contribution >= 0.6 is 0 Å². The molecule has 5 heteroatoms. The van der Waals surface area contributed by atoms with Gasteiger partial charge < -0.3 is 15.1 Å². The van der Waals surface area contributed by atoms with E-state index in [1.54, 1.807) is 5.06 Å². The number of carbonyl (C=O) groups excluding carboxylic acids is 1. The van der Waals surface area contributed by atoms with Crippen molar-refractivity contribution in [2.75, 3.05) is 18.7 Å². The molecule has 0 spiro atoms. The zero-order valence-corrected chi connectivity index (χ0v) is 13.0. The minimum absolute atomic E-state index is 0.249. The van der Waals surface area contributed by atoms with Crippen molar-refractivity contribution in [3.63, 3.8) is 0 Å². The predicted molar refractivity (Wildman–Crippen MR) is 84.7 cm³/mol. The average Bonchev–Trinajstić information content (AvgIpc) is 2.98. The summed E-state index contributed by atoms with van der Waals surface area (Å²) >= 11 is 0. The van der Waals surface area contributed by atoms with Crippen molar-refractivity contribution < 1.29 is 9.63 Å². The maximum atomic E-state index is 12.2. The van der Waals surface area contributed by atoms with E-state index >= 15 is 0 Å². The fourth-order valence-electron chi connectivity index (χ4n) is 4.23. The molecule has 0 aliphatic carbocycles. The number of anilines is 1. The second-order valence-electron chi connectivity index (χ2n) is 6.72. The molecule has 2 unspecified atom stereocenters. The maximum absolute atomic E-state index is 12.2. The average molecular weight is 301 g/mol. The number of hydroxylamine groups is 1. The molecule has 2 fully saturated rings. The van der Waals surface area contributed by atoms with Crippen LogP contribution in [0, 0.1) is 0 Å². The van der Waals surface area contributed by atoms with Crippen molar-refractivity contribution in [3.05, 3.63) is 29.8 Å². The van der Waals surface area contributed by atoms with Gasteiger partial charge in [-0.2, -0.15) is 0 Å². The highest BCUT2D eigenvalue weighted by Gasteiger charge is 2.39. The molecule has 3 aliphatic heterocycles. The molecular weight excluding hydrogens is 278 g/mol. The lowest BCUT2D eigenvalue weighted by Crippen LogP contribution is -2.49. The molecule has 1 N–H and O–H groups in total. The molecule has 1 aromatic rings. The van der Waals surface area contributed by atoms with Gasteiger partial charge in [-0.15, -0.1) is 0 Å². The van der Waals surface area contributed by atoms with Gasteiger partial charge in [-0.1, -0.05) is 18.2 Å². The molecular formula is C17H23N3O2. The molecule has 4 rings (SSSR count). The van der Waals surface area contributed by atoms with Crippen LogP contribution in [0.3, 0.4) is 0 Å². The normalized spacial score (nSPS) is 30.2. The molecule has 22 heavy (non-hydrogen) atoms. The van der Waals surface area contributed by atoms with E-state index in [0.29, 0.717) is 12.1 Å². The zero-order chi connectivity index (χ0) is 15.1. The summed E-state index contributed by atoms with van der Waals surface area (Å²) in [6, 6.07) is 9.59. The molecule has 0 radical (unpaired) electrons. The number of para-hydroxylation sites is 1. The first kappa shape index (κ1) is 13.9. The van der Waals surface area contributed by atoms with Crippen LogP contribution in [-0.4, -0.2) is 42.7 Å². The Morgan fingerprint density at radius 2 is 1.95 bits per heavy atom. The Morgan fingerprint density at radius 3 is 2.73 bits per heavy atom. The zero-order valence-electron chi connectivity index (χ0n) is 13.0. The summed E-state index contributed by atoms with van der Waals surface area (Å²) in [5.74, 6) is 0. The Labute approximate surface area is 131 Å². The minimum atomic E-state index is -0.314. The first-order chi connectivity index (χ1) is 10.7. The van der Waals surface area contributed by atoms with Crippen molar-refractivity contribution >= 4 is 11.8 Å². The third-order valence-corrected chi connectivity index (χ3v) is 5.46. The van der Waals surface area contributed by atoms with Crippen LogP contribution in [0.1, 0.15) is 31.2 Å². The Morgan fingerprint density at radius 1 is 1.23 bits per heavy atom. The molecule has 2 saturated heterocycles. The van der Waals surface area contributed by atoms with E-state index in [9.17, 15) is 4.79 Å². The number of nitrogens with one attached hydrogen (secondary N) is 1. The number of hydrogen-bond donors (Lipinski definition) is 1. The number of amides is 1. The molecule has 0 aromatic heterocycles. The highest BCUT2D eigenvalue weighted by Crippen LogP contribution is 2.34. The summed E-state index contributed by atoms with van der Waals surface area (Å²) in [6.07, 6.45) is 5.21. The molecule has 1 amide bonds. The molecule has 2 atom stereocenters. The van der Waals surface area contributed by atoms with Crippen molar-refractivity contribution in [2.45, 2.75) is 50.2 Å². The fourth-order valence-corrected chi connectivity index (χ4v) is 4.23. The summed E-state index contributed by atoms with van der Waals surface area (Å²) in [6.45, 7) is 0.741. The summed E-state index contributed by atoms with van der Waals surface area (Å²) in [5, 5.41) is 4.78. The van der Waals surface area contributed by atoms with Crippen LogP contribution in [0.5, 0.6) is 0 Å². The number of hydrogen-bond acceptors (Lipinski definition) is 4. The predicted octanol–water partition coefficient (Wildman–Crippen LogP) is 2.32. The van der Waals surface area contributed by atoms with Crippen LogP contribution in [-0.2, 0) is 11.3 Å². The lowest BCUT2D eigenvalue weighted by atomic mass is 9.98. The summed E-state index contributed by atoms with van der Waals surface area (Å²) < 4.78 is 0. The van der Waals surface area contributed by atoms with Gasteiger partial charge >= 0.3 is 6.09 Å². The SMILES string of the molecule is CN1C2CCC1CC(NC(=O)ON1CCc3ccccc31)C2. The van der Waals surface area contributed by atoms with E-state index in [-0.39, 0.29) is 12.1 Å². The molecule has 2 bridgehead atoms. The number of rotatable bonds is 2. The van der Waals surface area contributed by atoms with Crippen LogP contribution in [0.15, 0.2) is 24.3 Å². The number of benzene rings is 1. The fraction of sp³-hybridized carbons (Fsp3) is 0.588. The smallest absolute Gasteiger partial charge is 0.322 e. The van der Waals surface area contributed by atoms with Gasteiger partial charge in [-0.3, -0.25) is 0 Å². The van der Waals surface area contributed by atoms with Crippen LogP contribution < -0.4 is 10.4 Å². The summed E-state index contributed by atoms with van der Waals surface area (Å²) in [5.41, 5.74) is 2.26. The Hall–Kier alpha value is -1.75. The Kier molecular flexibility index (Phi) is 3.45. The maximum Gasteiger partial charge on any atom is 0.431 e. The van der Waals surface area contributed by atoms with Gasteiger partial charge in [0.05, 0.1) is 12.2 Å². The first-order valence-electron chi connectivity index (χ1n) is 8.26. The van der Waals surface area contributed by atoms with Gasteiger partial charge in [0.15, 0.2) is 0 Å². The van der Waals surface area contributed by atoms with E-state index < -0.39 is 0 Å². The van der Waals surface area contributed by atoms with Gasteiger partial charge in [0.25, 0.3) is 0 Å². The van der Waals surface area contributed by atoms with E-state index in [1.165, 1.54) is 18.4 Å². The number of carbonyl (C=O) groups is 1. The highest BCUT2D eigenvalue weighted by atomic mass is 16.7. The Bertz CT molecular complexity index is 563. The highest BCUT2D eigenvalue weighted by molar-refractivity contribution is 5.70. The molecule has 3 heterocycles. The summed E-state index contributed by atoms with van der Waals surface area (Å²) in [7, 11) is 2.21. The van der Waals surface area contributed by atoms with Crippen molar-refractivity contribution in [2.24, 2.45) is 0 Å². The number of piperidine rings is 1. The lowest BCUT2D eigenvalue weighted by molar-refractivity contribution is 0.112. The number of fused-ring (bicyclic) bond motifs is 3. The van der Waals surface area contributed by atoms with Crippen LogP contribution in [0.25, 0.3) is 0 Å². The molecule has 3 aliphatic rings. The quantitative estimate of drug-likeness (QED) is 0.910. The van der Waals surface area contributed by atoms with Gasteiger partial charge in [0.1, 0.15) is 0 Å². The standard InChI is InChI=1S/C17H23N3O2/c1-19-14-6-7-15(19)11-13(10-14)18-17(21)22-20-9-8-12-4-2-3-5-16(12)20/h2-5,13-15H,6-11H2,1H3,(H,18,21). The van der Waals surface area contributed by atoms with Gasteiger partial charge in [-0.05, 0) is 50.8 Å². The second-order valence-corrected chi connectivity index (χ2v) is 6.72. The topological polar surface area (TPSA) is 44.8 Å². The second kappa shape index (κ2) is 5.47. The third kappa shape index (κ3) is 2.43. The Balaban J connectivity index is 1.34. The number of nitrogens with zero attached hydrogens (tertiary/aromatic N) is 2. The van der Waals surface area contributed by atoms with Crippen LogP contribution in [0.4, 0.5) is 10.5 Å².